The molecular formula is C23H30N4. The van der Waals surface area contributed by atoms with Crippen LogP contribution in [0.4, 0.5) is 0 Å². The zero-order chi connectivity index (χ0) is 18.6. The highest BCUT2D eigenvalue weighted by Crippen LogP contribution is 2.30. The van der Waals surface area contributed by atoms with Crippen LogP contribution in [0.5, 0.6) is 0 Å². The van der Waals surface area contributed by atoms with Crippen molar-refractivity contribution >= 4 is 6.08 Å². The Hall–Kier alpha value is -2.04. The molecule has 1 aromatic carbocycles. The summed E-state index contributed by atoms with van der Waals surface area (Å²) < 4.78 is 0. The lowest BCUT2D eigenvalue weighted by Crippen LogP contribution is -2.36. The van der Waals surface area contributed by atoms with Crippen LogP contribution in [0.1, 0.15) is 54.9 Å². The maximum atomic E-state index is 5.01. The summed E-state index contributed by atoms with van der Waals surface area (Å²) in [5.41, 5.74) is 5.24. The second-order valence-electron chi connectivity index (χ2n) is 8.07. The average Bonchev–Trinajstić information content (AvgIpc) is 2.69. The topological polar surface area (TPSA) is 32.3 Å². The second kappa shape index (κ2) is 8.32. The number of benzene rings is 1. The third kappa shape index (κ3) is 4.45. The van der Waals surface area contributed by atoms with E-state index in [1.165, 1.54) is 35.2 Å². The standard InChI is InChI=1S/C23H30N4/c1-18(14-19-8-4-3-5-9-19)16-27-12-7-6-10-22(27)23-24-15-20-17-26(2)13-11-21(20)25-23/h3-5,8-9,14-15,22H,6-7,10-13,16-17H2,1-2H3/b18-14+/t22-/m1/s1. The van der Waals surface area contributed by atoms with E-state index in [0.717, 1.165) is 44.8 Å². The van der Waals surface area contributed by atoms with Crippen LogP contribution in [-0.2, 0) is 13.0 Å². The number of likely N-dealkylation sites (tertiary alicyclic amines) is 1. The van der Waals surface area contributed by atoms with Gasteiger partial charge in [0.15, 0.2) is 0 Å². The first-order valence-electron chi connectivity index (χ1n) is 10.2. The SMILES string of the molecule is C/C(=C\c1ccccc1)CN1CCCC[C@@H]1c1ncc2c(n1)CCN(C)C2. The molecule has 1 atom stereocenters. The van der Waals surface area contributed by atoms with Crippen LogP contribution in [0, 0.1) is 0 Å². The third-order valence-electron chi connectivity index (χ3n) is 5.72. The van der Waals surface area contributed by atoms with Crippen LogP contribution < -0.4 is 0 Å². The number of hydrogen-bond donors (Lipinski definition) is 0. The first-order chi connectivity index (χ1) is 13.2. The fraction of sp³-hybridized carbons (Fsp3) is 0.478. The molecule has 2 aromatic rings. The van der Waals surface area contributed by atoms with Gasteiger partial charge in [-0.2, -0.15) is 0 Å². The highest BCUT2D eigenvalue weighted by molar-refractivity contribution is 5.52. The van der Waals surface area contributed by atoms with E-state index >= 15 is 0 Å². The van der Waals surface area contributed by atoms with Crippen molar-refractivity contribution in [3.05, 3.63) is 64.7 Å². The summed E-state index contributed by atoms with van der Waals surface area (Å²) in [6.07, 6.45) is 9.12. The minimum absolute atomic E-state index is 0.350. The normalized spacial score (nSPS) is 21.9. The van der Waals surface area contributed by atoms with E-state index in [1.54, 1.807) is 0 Å². The molecule has 1 aromatic heterocycles. The van der Waals surface area contributed by atoms with E-state index in [4.69, 9.17) is 9.97 Å². The molecule has 0 unspecified atom stereocenters. The van der Waals surface area contributed by atoms with Crippen LogP contribution >= 0.6 is 0 Å². The Morgan fingerprint density at radius 1 is 1.19 bits per heavy atom. The minimum Gasteiger partial charge on any atom is -0.302 e. The van der Waals surface area contributed by atoms with Gasteiger partial charge in [-0.25, -0.2) is 9.97 Å². The number of hydrogen-bond acceptors (Lipinski definition) is 4. The van der Waals surface area contributed by atoms with Crippen molar-refractivity contribution in [2.24, 2.45) is 0 Å². The molecule has 4 heteroatoms. The second-order valence-corrected chi connectivity index (χ2v) is 8.07. The maximum absolute atomic E-state index is 5.01. The first-order valence-corrected chi connectivity index (χ1v) is 10.2. The van der Waals surface area contributed by atoms with Gasteiger partial charge < -0.3 is 4.90 Å². The summed E-state index contributed by atoms with van der Waals surface area (Å²) in [5.74, 6) is 1.03. The molecule has 0 saturated carbocycles. The molecule has 2 aliphatic rings. The molecule has 1 fully saturated rings. The molecule has 0 bridgehead atoms. The molecular weight excluding hydrogens is 332 g/mol. The molecule has 4 nitrogen and oxygen atoms in total. The number of piperidine rings is 1. The number of rotatable bonds is 4. The molecule has 3 heterocycles. The summed E-state index contributed by atoms with van der Waals surface area (Å²) in [7, 11) is 2.17. The fourth-order valence-electron chi connectivity index (χ4n) is 4.31. The predicted octanol–water partition coefficient (Wildman–Crippen LogP) is 4.10. The van der Waals surface area contributed by atoms with Crippen molar-refractivity contribution in [2.45, 2.75) is 45.2 Å². The molecule has 4 rings (SSSR count). The lowest BCUT2D eigenvalue weighted by atomic mass is 9.99. The zero-order valence-electron chi connectivity index (χ0n) is 16.6. The van der Waals surface area contributed by atoms with Crippen LogP contribution in [0.15, 0.2) is 42.1 Å². The van der Waals surface area contributed by atoms with E-state index in [9.17, 15) is 0 Å². The molecule has 27 heavy (non-hydrogen) atoms. The van der Waals surface area contributed by atoms with Gasteiger partial charge in [0.05, 0.1) is 6.04 Å². The number of likely N-dealkylation sites (N-methyl/N-ethyl adjacent to an activating group) is 1. The first kappa shape index (κ1) is 18.3. The largest absolute Gasteiger partial charge is 0.302 e. The monoisotopic (exact) mass is 362 g/mol. The molecule has 0 N–H and O–H groups in total. The third-order valence-corrected chi connectivity index (χ3v) is 5.72. The van der Waals surface area contributed by atoms with E-state index in [2.05, 4.69) is 66.4 Å². The number of aromatic nitrogens is 2. The van der Waals surface area contributed by atoms with Crippen molar-refractivity contribution < 1.29 is 0 Å². The van der Waals surface area contributed by atoms with Crippen molar-refractivity contribution in [3.8, 4) is 0 Å². The Morgan fingerprint density at radius 2 is 2.04 bits per heavy atom. The molecule has 0 amide bonds. The molecule has 2 aliphatic heterocycles. The van der Waals surface area contributed by atoms with Crippen molar-refractivity contribution in [2.75, 3.05) is 26.7 Å². The van der Waals surface area contributed by atoms with Crippen molar-refractivity contribution in [1.29, 1.82) is 0 Å². The molecule has 0 radical (unpaired) electrons. The van der Waals surface area contributed by atoms with Gasteiger partial charge in [-0.1, -0.05) is 48.4 Å². The fourth-order valence-corrected chi connectivity index (χ4v) is 4.31. The van der Waals surface area contributed by atoms with E-state index in [1.807, 2.05) is 0 Å². The van der Waals surface area contributed by atoms with Gasteiger partial charge in [0.1, 0.15) is 5.82 Å². The smallest absolute Gasteiger partial charge is 0.145 e. The van der Waals surface area contributed by atoms with Crippen molar-refractivity contribution in [3.63, 3.8) is 0 Å². The summed E-state index contributed by atoms with van der Waals surface area (Å²) in [4.78, 5) is 14.7. The van der Waals surface area contributed by atoms with Gasteiger partial charge >= 0.3 is 0 Å². The molecule has 0 aliphatic carbocycles. The maximum Gasteiger partial charge on any atom is 0.145 e. The number of fused-ring (bicyclic) bond motifs is 1. The van der Waals surface area contributed by atoms with Crippen LogP contribution in [0.2, 0.25) is 0 Å². The van der Waals surface area contributed by atoms with Gasteiger partial charge in [0.25, 0.3) is 0 Å². The summed E-state index contributed by atoms with van der Waals surface area (Å²) in [6, 6.07) is 10.9. The zero-order valence-corrected chi connectivity index (χ0v) is 16.6. The number of nitrogens with zero attached hydrogens (tertiary/aromatic N) is 4. The quantitative estimate of drug-likeness (QED) is 0.820. The molecule has 1 saturated heterocycles. The molecule has 142 valence electrons. The lowest BCUT2D eigenvalue weighted by Gasteiger charge is -2.35. The minimum atomic E-state index is 0.350. The Bertz CT molecular complexity index is 799. The van der Waals surface area contributed by atoms with Gasteiger partial charge in [-0.05, 0) is 38.9 Å². The van der Waals surface area contributed by atoms with Gasteiger partial charge in [0.2, 0.25) is 0 Å². The summed E-state index contributed by atoms with van der Waals surface area (Å²) >= 11 is 0. The van der Waals surface area contributed by atoms with Crippen LogP contribution in [0.25, 0.3) is 6.08 Å². The highest BCUT2D eigenvalue weighted by Gasteiger charge is 2.27. The summed E-state index contributed by atoms with van der Waals surface area (Å²) in [5, 5.41) is 0. The predicted molar refractivity (Wildman–Crippen MR) is 110 cm³/mol. The lowest BCUT2D eigenvalue weighted by molar-refractivity contribution is 0.155. The Kier molecular flexibility index (Phi) is 5.65. The Balaban J connectivity index is 1.52. The van der Waals surface area contributed by atoms with E-state index in [-0.39, 0.29) is 0 Å². The van der Waals surface area contributed by atoms with Gasteiger partial charge in [-0.3, -0.25) is 4.90 Å². The molecule has 0 spiro atoms. The Morgan fingerprint density at radius 3 is 2.89 bits per heavy atom. The van der Waals surface area contributed by atoms with E-state index in [0.29, 0.717) is 6.04 Å². The summed E-state index contributed by atoms with van der Waals surface area (Å²) in [6.45, 7) is 6.43. The van der Waals surface area contributed by atoms with Crippen LogP contribution in [0.3, 0.4) is 0 Å². The van der Waals surface area contributed by atoms with Gasteiger partial charge in [-0.15, -0.1) is 0 Å². The Labute approximate surface area is 162 Å². The van der Waals surface area contributed by atoms with E-state index < -0.39 is 0 Å². The average molecular weight is 363 g/mol. The highest BCUT2D eigenvalue weighted by atomic mass is 15.2. The van der Waals surface area contributed by atoms with Crippen molar-refractivity contribution in [1.82, 2.24) is 19.8 Å². The van der Waals surface area contributed by atoms with Gasteiger partial charge in [0, 0.05) is 43.5 Å². The van der Waals surface area contributed by atoms with Crippen LogP contribution in [-0.4, -0.2) is 46.4 Å².